The summed E-state index contributed by atoms with van der Waals surface area (Å²) in [5.41, 5.74) is 4.30. The van der Waals surface area contributed by atoms with Crippen LogP contribution in [0.4, 0.5) is 0 Å². The van der Waals surface area contributed by atoms with Gasteiger partial charge in [0.05, 0.1) is 19.3 Å². The Balaban J connectivity index is 0.00000182. The van der Waals surface area contributed by atoms with Gasteiger partial charge in [0.25, 0.3) is 0 Å². The second-order valence-corrected chi connectivity index (χ2v) is 6.67. The van der Waals surface area contributed by atoms with Crippen LogP contribution in [-0.2, 0) is 10.2 Å². The zero-order valence-corrected chi connectivity index (χ0v) is 15.1. The highest BCUT2D eigenvalue weighted by Gasteiger charge is 2.42. The van der Waals surface area contributed by atoms with E-state index < -0.39 is 5.41 Å². The lowest BCUT2D eigenvalue weighted by Crippen LogP contribution is -2.37. The molecule has 1 heterocycles. The summed E-state index contributed by atoms with van der Waals surface area (Å²) in [7, 11) is 0. The van der Waals surface area contributed by atoms with Crippen LogP contribution in [0.15, 0.2) is 48.5 Å². The first kappa shape index (κ1) is 17.9. The van der Waals surface area contributed by atoms with E-state index >= 15 is 0 Å². The summed E-state index contributed by atoms with van der Waals surface area (Å²) in [6.07, 6.45) is 1.89. The van der Waals surface area contributed by atoms with Gasteiger partial charge in [-0.05, 0) is 41.6 Å². The van der Waals surface area contributed by atoms with Gasteiger partial charge in [-0.1, -0.05) is 48.5 Å². The average molecular weight is 355 g/mol. The standard InChI is InChI=1S/C21H22N2O.ClH/c22-16-21(10-5-11-23-12-14-24-15-13-23)19-8-3-1-6-17(19)18-7-2-4-9-20(18)21;/h1-4,6-9H,5,10-15H2;1H. The molecule has 0 aromatic heterocycles. The number of nitrogens with zero attached hydrogens (tertiary/aromatic N) is 2. The maximum atomic E-state index is 10.2. The number of nitriles is 1. The van der Waals surface area contributed by atoms with Gasteiger partial charge in [-0.15, -0.1) is 12.4 Å². The Morgan fingerprint density at radius 1 is 0.960 bits per heavy atom. The normalized spacial score (nSPS) is 17.9. The van der Waals surface area contributed by atoms with E-state index in [0.29, 0.717) is 0 Å². The second kappa shape index (κ2) is 7.58. The Morgan fingerprint density at radius 2 is 1.52 bits per heavy atom. The zero-order chi connectivity index (χ0) is 16.4. The molecule has 0 bridgehead atoms. The van der Waals surface area contributed by atoms with Crippen LogP contribution in [0.2, 0.25) is 0 Å². The Kier molecular flexibility index (Phi) is 5.44. The summed E-state index contributed by atoms with van der Waals surface area (Å²) >= 11 is 0. The highest BCUT2D eigenvalue weighted by molar-refractivity contribution is 5.85. The van der Waals surface area contributed by atoms with E-state index in [1.165, 1.54) is 22.3 Å². The Bertz CT molecular complexity index is 732. The van der Waals surface area contributed by atoms with Crippen LogP contribution in [0, 0.1) is 11.3 Å². The summed E-state index contributed by atoms with van der Waals surface area (Å²) in [5.74, 6) is 0. The summed E-state index contributed by atoms with van der Waals surface area (Å²) in [6.45, 7) is 4.71. The molecule has 130 valence electrons. The molecular weight excluding hydrogens is 332 g/mol. The minimum absolute atomic E-state index is 0. The van der Waals surface area contributed by atoms with Gasteiger partial charge < -0.3 is 4.74 Å². The highest BCUT2D eigenvalue weighted by atomic mass is 35.5. The van der Waals surface area contributed by atoms with Gasteiger partial charge >= 0.3 is 0 Å². The predicted octanol–water partition coefficient (Wildman–Crippen LogP) is 4.01. The zero-order valence-electron chi connectivity index (χ0n) is 14.3. The summed E-state index contributed by atoms with van der Waals surface area (Å²) < 4.78 is 5.42. The number of ether oxygens (including phenoxy) is 1. The SMILES string of the molecule is Cl.N#CC1(CCCN2CCOCC2)c2ccccc2-c2ccccc21. The minimum atomic E-state index is -0.501. The molecule has 0 amide bonds. The minimum Gasteiger partial charge on any atom is -0.379 e. The smallest absolute Gasteiger partial charge is 0.108 e. The van der Waals surface area contributed by atoms with E-state index in [9.17, 15) is 5.26 Å². The first-order valence-electron chi connectivity index (χ1n) is 8.76. The summed E-state index contributed by atoms with van der Waals surface area (Å²) in [4.78, 5) is 2.45. The van der Waals surface area contributed by atoms with Crippen LogP contribution in [0.1, 0.15) is 24.0 Å². The molecule has 1 saturated heterocycles. The van der Waals surface area contributed by atoms with Crippen molar-refractivity contribution in [3.05, 3.63) is 59.7 Å². The van der Waals surface area contributed by atoms with Gasteiger partial charge in [-0.2, -0.15) is 5.26 Å². The first-order chi connectivity index (χ1) is 11.8. The van der Waals surface area contributed by atoms with Crippen molar-refractivity contribution in [2.45, 2.75) is 18.3 Å². The number of rotatable bonds is 4. The fourth-order valence-electron chi connectivity index (χ4n) is 4.16. The molecule has 3 nitrogen and oxygen atoms in total. The number of benzene rings is 2. The molecule has 2 aliphatic rings. The van der Waals surface area contributed by atoms with E-state index in [2.05, 4.69) is 59.5 Å². The van der Waals surface area contributed by atoms with E-state index in [4.69, 9.17) is 4.74 Å². The van der Waals surface area contributed by atoms with Crippen molar-refractivity contribution in [3.8, 4) is 17.2 Å². The maximum Gasteiger partial charge on any atom is 0.108 e. The number of halogens is 1. The molecule has 1 aliphatic heterocycles. The molecule has 1 fully saturated rings. The molecular formula is C21H23ClN2O. The van der Waals surface area contributed by atoms with Gasteiger partial charge in [-0.25, -0.2) is 0 Å². The van der Waals surface area contributed by atoms with Crippen LogP contribution in [-0.4, -0.2) is 37.7 Å². The molecule has 2 aromatic rings. The third-order valence-corrected chi connectivity index (χ3v) is 5.38. The van der Waals surface area contributed by atoms with E-state index in [0.717, 1.165) is 45.7 Å². The number of fused-ring (bicyclic) bond motifs is 3. The number of hydrogen-bond donors (Lipinski definition) is 0. The maximum absolute atomic E-state index is 10.2. The molecule has 4 rings (SSSR count). The van der Waals surface area contributed by atoms with Crippen molar-refractivity contribution in [1.29, 1.82) is 5.26 Å². The lowest BCUT2D eigenvalue weighted by Gasteiger charge is -2.29. The highest BCUT2D eigenvalue weighted by Crippen LogP contribution is 2.50. The lowest BCUT2D eigenvalue weighted by atomic mass is 9.76. The van der Waals surface area contributed by atoms with Gasteiger partial charge in [0.15, 0.2) is 0 Å². The van der Waals surface area contributed by atoms with Gasteiger partial charge in [0.2, 0.25) is 0 Å². The molecule has 0 atom stereocenters. The summed E-state index contributed by atoms with van der Waals surface area (Å²) in [6, 6.07) is 19.5. The molecule has 1 aliphatic carbocycles. The van der Waals surface area contributed by atoms with Crippen molar-refractivity contribution in [3.63, 3.8) is 0 Å². The number of hydrogen-bond acceptors (Lipinski definition) is 3. The molecule has 4 heteroatoms. The topological polar surface area (TPSA) is 36.3 Å². The van der Waals surface area contributed by atoms with Crippen molar-refractivity contribution in [2.24, 2.45) is 0 Å². The third-order valence-electron chi connectivity index (χ3n) is 5.38. The van der Waals surface area contributed by atoms with Gasteiger partial charge in [-0.3, -0.25) is 4.90 Å². The monoisotopic (exact) mass is 354 g/mol. The van der Waals surface area contributed by atoms with Crippen molar-refractivity contribution in [1.82, 2.24) is 4.90 Å². The first-order valence-corrected chi connectivity index (χ1v) is 8.76. The van der Waals surface area contributed by atoms with Crippen molar-refractivity contribution < 1.29 is 4.74 Å². The quantitative estimate of drug-likeness (QED) is 0.832. The third kappa shape index (κ3) is 3.06. The van der Waals surface area contributed by atoms with E-state index in [1.807, 2.05) is 0 Å². The van der Waals surface area contributed by atoms with E-state index in [-0.39, 0.29) is 12.4 Å². The van der Waals surface area contributed by atoms with Crippen LogP contribution in [0.5, 0.6) is 0 Å². The lowest BCUT2D eigenvalue weighted by molar-refractivity contribution is 0.0368. The Morgan fingerprint density at radius 3 is 2.08 bits per heavy atom. The molecule has 0 N–H and O–H groups in total. The Hall–Kier alpha value is -1.86. The second-order valence-electron chi connectivity index (χ2n) is 6.67. The molecule has 2 aromatic carbocycles. The summed E-state index contributed by atoms with van der Waals surface area (Å²) in [5, 5.41) is 10.2. The molecule has 0 spiro atoms. The molecule has 25 heavy (non-hydrogen) atoms. The van der Waals surface area contributed by atoms with Crippen LogP contribution >= 0.6 is 12.4 Å². The number of morpholine rings is 1. The Labute approximate surface area is 155 Å². The van der Waals surface area contributed by atoms with Crippen molar-refractivity contribution >= 4 is 12.4 Å². The molecule has 0 radical (unpaired) electrons. The largest absolute Gasteiger partial charge is 0.379 e. The molecule has 0 unspecified atom stereocenters. The van der Waals surface area contributed by atoms with Crippen molar-refractivity contribution in [2.75, 3.05) is 32.8 Å². The fraction of sp³-hybridized carbons (Fsp3) is 0.381. The van der Waals surface area contributed by atoms with Crippen LogP contribution < -0.4 is 0 Å². The van der Waals surface area contributed by atoms with Gasteiger partial charge in [0, 0.05) is 13.1 Å². The fourth-order valence-corrected chi connectivity index (χ4v) is 4.16. The van der Waals surface area contributed by atoms with Crippen LogP contribution in [0.3, 0.4) is 0 Å². The van der Waals surface area contributed by atoms with E-state index in [1.54, 1.807) is 0 Å². The van der Waals surface area contributed by atoms with Gasteiger partial charge in [0.1, 0.15) is 5.41 Å². The average Bonchev–Trinajstić information content (AvgIpc) is 2.94. The molecule has 0 saturated carbocycles. The van der Waals surface area contributed by atoms with Crippen LogP contribution in [0.25, 0.3) is 11.1 Å². The predicted molar refractivity (Wildman–Crippen MR) is 102 cm³/mol.